The number of aromatic nitrogens is 2. The van der Waals surface area contributed by atoms with Crippen LogP contribution in [0.4, 0.5) is 0 Å². The van der Waals surface area contributed by atoms with Gasteiger partial charge in [-0.25, -0.2) is 0 Å². The van der Waals surface area contributed by atoms with Gasteiger partial charge < -0.3 is 4.90 Å². The number of carbonyl (C=O) groups excluding carboxylic acids is 2. The van der Waals surface area contributed by atoms with E-state index in [9.17, 15) is 9.59 Å². The molecule has 0 bridgehead atoms. The summed E-state index contributed by atoms with van der Waals surface area (Å²) in [6.07, 6.45) is 5.97. The van der Waals surface area contributed by atoms with Crippen molar-refractivity contribution in [3.8, 4) is 0 Å². The average molecular weight is 325 g/mol. The molecule has 3 rings (SSSR count). The van der Waals surface area contributed by atoms with Crippen molar-refractivity contribution < 1.29 is 9.59 Å². The summed E-state index contributed by atoms with van der Waals surface area (Å²) in [5.74, 6) is 0.175. The summed E-state index contributed by atoms with van der Waals surface area (Å²) < 4.78 is 1.63. The first-order valence-electron chi connectivity index (χ1n) is 8.40. The number of nitrogens with zero attached hydrogens (tertiary/aromatic N) is 3. The summed E-state index contributed by atoms with van der Waals surface area (Å²) in [5.41, 5.74) is 2.82. The zero-order valence-electron chi connectivity index (χ0n) is 14.2. The van der Waals surface area contributed by atoms with Gasteiger partial charge in [0.1, 0.15) is 0 Å². The van der Waals surface area contributed by atoms with Crippen LogP contribution in [0.25, 0.3) is 0 Å². The first-order valence-corrected chi connectivity index (χ1v) is 8.40. The molecule has 1 aromatic heterocycles. The predicted molar refractivity (Wildman–Crippen MR) is 91.8 cm³/mol. The maximum absolute atomic E-state index is 12.7. The summed E-state index contributed by atoms with van der Waals surface area (Å²) in [5, 5.41) is 4.05. The number of Topliss-reactive ketones (excluding diaryl/α,β-unsaturated/α-hetero) is 1. The summed E-state index contributed by atoms with van der Waals surface area (Å²) >= 11 is 0. The SMILES string of the molecule is Cc1ccccc1CC(=O)N1CCCC1CC(=O)c1cnn(C)c1. The number of aryl methyl sites for hydroxylation is 2. The third kappa shape index (κ3) is 3.55. The Labute approximate surface area is 142 Å². The molecule has 0 radical (unpaired) electrons. The first kappa shape index (κ1) is 16.4. The van der Waals surface area contributed by atoms with Gasteiger partial charge in [0.2, 0.25) is 5.91 Å². The average Bonchev–Trinajstić information content (AvgIpc) is 3.18. The first-order chi connectivity index (χ1) is 11.5. The molecule has 0 spiro atoms. The van der Waals surface area contributed by atoms with Crippen LogP contribution in [-0.4, -0.2) is 39.0 Å². The van der Waals surface area contributed by atoms with Gasteiger partial charge in [-0.1, -0.05) is 24.3 Å². The Bertz CT molecular complexity index is 751. The van der Waals surface area contributed by atoms with Crippen molar-refractivity contribution in [2.24, 2.45) is 7.05 Å². The molecule has 1 aromatic carbocycles. The van der Waals surface area contributed by atoms with Crippen molar-refractivity contribution in [3.05, 3.63) is 53.3 Å². The van der Waals surface area contributed by atoms with E-state index in [4.69, 9.17) is 0 Å². The van der Waals surface area contributed by atoms with Gasteiger partial charge in [-0.15, -0.1) is 0 Å². The number of ketones is 1. The number of hydrogen-bond acceptors (Lipinski definition) is 3. The lowest BCUT2D eigenvalue weighted by molar-refractivity contribution is -0.131. The highest BCUT2D eigenvalue weighted by Crippen LogP contribution is 2.23. The molecular weight excluding hydrogens is 302 g/mol. The molecular formula is C19H23N3O2. The van der Waals surface area contributed by atoms with Gasteiger partial charge in [0.05, 0.1) is 18.2 Å². The van der Waals surface area contributed by atoms with Gasteiger partial charge in [-0.2, -0.15) is 5.10 Å². The van der Waals surface area contributed by atoms with Crippen molar-refractivity contribution in [1.29, 1.82) is 0 Å². The number of hydrogen-bond donors (Lipinski definition) is 0. The van der Waals surface area contributed by atoms with Crippen LogP contribution in [-0.2, 0) is 18.3 Å². The molecule has 0 aliphatic carbocycles. The van der Waals surface area contributed by atoms with Crippen LogP contribution in [0.2, 0.25) is 0 Å². The molecule has 5 heteroatoms. The molecule has 5 nitrogen and oxygen atoms in total. The lowest BCUT2D eigenvalue weighted by atomic mass is 10.0. The molecule has 1 aliphatic rings. The van der Waals surface area contributed by atoms with E-state index in [0.29, 0.717) is 18.4 Å². The van der Waals surface area contributed by atoms with Gasteiger partial charge in [0, 0.05) is 32.3 Å². The molecule has 1 atom stereocenters. The van der Waals surface area contributed by atoms with Crippen LogP contribution in [0, 0.1) is 6.92 Å². The summed E-state index contributed by atoms with van der Waals surface area (Å²) in [7, 11) is 1.80. The summed E-state index contributed by atoms with van der Waals surface area (Å²) in [6.45, 7) is 2.77. The Morgan fingerprint density at radius 3 is 2.79 bits per heavy atom. The predicted octanol–water partition coefficient (Wildman–Crippen LogP) is 2.54. The molecule has 1 aliphatic heterocycles. The van der Waals surface area contributed by atoms with Crippen LogP contribution >= 0.6 is 0 Å². The van der Waals surface area contributed by atoms with Crippen molar-refractivity contribution in [2.75, 3.05) is 6.54 Å². The topological polar surface area (TPSA) is 55.2 Å². The molecule has 1 unspecified atom stereocenters. The second kappa shape index (κ2) is 6.99. The Balaban J connectivity index is 1.65. The summed E-state index contributed by atoms with van der Waals surface area (Å²) in [4.78, 5) is 27.0. The molecule has 1 amide bonds. The van der Waals surface area contributed by atoms with E-state index in [0.717, 1.165) is 30.5 Å². The number of likely N-dealkylation sites (tertiary alicyclic amines) is 1. The Morgan fingerprint density at radius 1 is 1.29 bits per heavy atom. The minimum Gasteiger partial charge on any atom is -0.339 e. The van der Waals surface area contributed by atoms with Crippen molar-refractivity contribution >= 4 is 11.7 Å². The third-order valence-corrected chi connectivity index (χ3v) is 4.75. The lowest BCUT2D eigenvalue weighted by Gasteiger charge is -2.24. The number of rotatable bonds is 5. The zero-order chi connectivity index (χ0) is 17.1. The van der Waals surface area contributed by atoms with E-state index in [1.54, 1.807) is 24.1 Å². The van der Waals surface area contributed by atoms with Crippen LogP contribution in [0.1, 0.15) is 40.7 Å². The van der Waals surface area contributed by atoms with Crippen LogP contribution in [0.3, 0.4) is 0 Å². The minimum absolute atomic E-state index is 0.00854. The van der Waals surface area contributed by atoms with Crippen molar-refractivity contribution in [1.82, 2.24) is 14.7 Å². The van der Waals surface area contributed by atoms with Gasteiger partial charge in [-0.3, -0.25) is 14.3 Å². The molecule has 0 N–H and O–H groups in total. The Hall–Kier alpha value is -2.43. The fourth-order valence-corrected chi connectivity index (χ4v) is 3.35. The van der Waals surface area contributed by atoms with Gasteiger partial charge in [-0.05, 0) is 30.9 Å². The maximum Gasteiger partial charge on any atom is 0.227 e. The summed E-state index contributed by atoms with van der Waals surface area (Å²) in [6, 6.07) is 7.97. The fourth-order valence-electron chi connectivity index (χ4n) is 3.35. The van der Waals surface area contributed by atoms with Crippen molar-refractivity contribution in [2.45, 2.75) is 38.6 Å². The van der Waals surface area contributed by atoms with Crippen LogP contribution in [0.15, 0.2) is 36.7 Å². The molecule has 0 saturated carbocycles. The highest BCUT2D eigenvalue weighted by Gasteiger charge is 2.30. The van der Waals surface area contributed by atoms with E-state index in [1.807, 2.05) is 36.1 Å². The van der Waals surface area contributed by atoms with E-state index in [-0.39, 0.29) is 17.7 Å². The highest BCUT2D eigenvalue weighted by atomic mass is 16.2. The monoisotopic (exact) mass is 325 g/mol. The second-order valence-corrected chi connectivity index (χ2v) is 6.52. The Kier molecular flexibility index (Phi) is 4.79. The largest absolute Gasteiger partial charge is 0.339 e. The molecule has 24 heavy (non-hydrogen) atoms. The van der Waals surface area contributed by atoms with Gasteiger partial charge in [0.25, 0.3) is 0 Å². The van der Waals surface area contributed by atoms with Gasteiger partial charge in [0.15, 0.2) is 5.78 Å². The second-order valence-electron chi connectivity index (χ2n) is 6.52. The maximum atomic E-state index is 12.7. The number of amides is 1. The van der Waals surface area contributed by atoms with E-state index < -0.39 is 0 Å². The molecule has 1 fully saturated rings. The molecule has 2 heterocycles. The number of carbonyl (C=O) groups is 2. The van der Waals surface area contributed by atoms with Gasteiger partial charge >= 0.3 is 0 Å². The van der Waals surface area contributed by atoms with E-state index >= 15 is 0 Å². The molecule has 1 saturated heterocycles. The van der Waals surface area contributed by atoms with E-state index in [2.05, 4.69) is 5.10 Å². The smallest absolute Gasteiger partial charge is 0.227 e. The zero-order valence-corrected chi connectivity index (χ0v) is 14.2. The highest BCUT2D eigenvalue weighted by molar-refractivity contribution is 5.96. The Morgan fingerprint density at radius 2 is 2.08 bits per heavy atom. The molecule has 126 valence electrons. The van der Waals surface area contributed by atoms with Crippen LogP contribution < -0.4 is 0 Å². The molecule has 2 aromatic rings. The van der Waals surface area contributed by atoms with Crippen molar-refractivity contribution in [3.63, 3.8) is 0 Å². The quantitative estimate of drug-likeness (QED) is 0.794. The lowest BCUT2D eigenvalue weighted by Crippen LogP contribution is -2.37. The van der Waals surface area contributed by atoms with E-state index in [1.165, 1.54) is 0 Å². The fraction of sp³-hybridized carbons (Fsp3) is 0.421. The standard InChI is InChI=1S/C19H23N3O2/c1-14-6-3-4-7-15(14)10-19(24)22-9-5-8-17(22)11-18(23)16-12-20-21(2)13-16/h3-4,6-7,12-13,17H,5,8-11H2,1-2H3. The van der Waals surface area contributed by atoms with Crippen LogP contribution in [0.5, 0.6) is 0 Å². The minimum atomic E-state index is 0.00854. The normalized spacial score (nSPS) is 17.2. The number of benzene rings is 1. The third-order valence-electron chi connectivity index (χ3n) is 4.75.